The van der Waals surface area contributed by atoms with Gasteiger partial charge in [-0.05, 0) is 18.2 Å². The summed E-state index contributed by atoms with van der Waals surface area (Å²) < 4.78 is 2.20. The zero-order valence-corrected chi connectivity index (χ0v) is 20.3. The molecule has 0 saturated heterocycles. The van der Waals surface area contributed by atoms with Gasteiger partial charge in [0.05, 0.1) is 11.0 Å². The fourth-order valence-corrected chi connectivity index (χ4v) is 5.49. The number of para-hydroxylation sites is 2. The maximum Gasteiger partial charge on any atom is 0.238 e. The van der Waals surface area contributed by atoms with Gasteiger partial charge in [0.2, 0.25) is 5.95 Å². The highest BCUT2D eigenvalue weighted by molar-refractivity contribution is 6.25. The van der Waals surface area contributed by atoms with Crippen LogP contribution in [-0.4, -0.2) is 24.5 Å². The number of H-pyrrole nitrogens is 1. The van der Waals surface area contributed by atoms with E-state index in [1.165, 1.54) is 10.8 Å². The molecule has 3 aromatic heterocycles. The Balaban J connectivity index is 1.54. The van der Waals surface area contributed by atoms with Crippen LogP contribution in [-0.2, 0) is 0 Å². The molecule has 1 N–H and O–H groups in total. The minimum absolute atomic E-state index is 0.599. The standard InChI is InChI=1S/C33H21N5/c1-3-11-21(12-4-1)31-35-32(22-13-5-2-6-14-22)37-33(36-31)38-28-18-10-8-15-23(28)24-19-20-27-29(30(24)38)25-16-7-9-17-26(25)34-27/h1-20,34H. The molecule has 0 aliphatic heterocycles. The smallest absolute Gasteiger partial charge is 0.238 e. The molecular weight excluding hydrogens is 466 g/mol. The van der Waals surface area contributed by atoms with Gasteiger partial charge < -0.3 is 4.98 Å². The van der Waals surface area contributed by atoms with Gasteiger partial charge in [0.15, 0.2) is 11.6 Å². The SMILES string of the molecule is c1ccc(-c2nc(-c3ccccc3)nc(-n3c4ccccc4c4ccc5[nH]c6ccccc6c5c43)n2)cc1. The predicted molar refractivity (Wildman–Crippen MR) is 154 cm³/mol. The number of rotatable bonds is 3. The van der Waals surface area contributed by atoms with Gasteiger partial charge >= 0.3 is 0 Å². The number of nitrogens with zero attached hydrogens (tertiary/aromatic N) is 4. The number of benzene rings is 5. The summed E-state index contributed by atoms with van der Waals surface area (Å²) in [5.41, 5.74) is 6.24. The summed E-state index contributed by atoms with van der Waals surface area (Å²) in [6.07, 6.45) is 0. The summed E-state index contributed by atoms with van der Waals surface area (Å²) in [6, 6.07) is 41.5. The zero-order chi connectivity index (χ0) is 25.1. The lowest BCUT2D eigenvalue weighted by molar-refractivity contribution is 0.955. The van der Waals surface area contributed by atoms with Crippen LogP contribution in [0.3, 0.4) is 0 Å². The van der Waals surface area contributed by atoms with Crippen LogP contribution in [0, 0.1) is 0 Å². The van der Waals surface area contributed by atoms with E-state index in [0.717, 1.165) is 44.0 Å². The minimum atomic E-state index is 0.599. The first-order valence-corrected chi connectivity index (χ1v) is 12.6. The molecular formula is C33H21N5. The Labute approximate surface area is 218 Å². The quantitative estimate of drug-likeness (QED) is 0.275. The largest absolute Gasteiger partial charge is 0.354 e. The molecule has 0 radical (unpaired) electrons. The number of hydrogen-bond donors (Lipinski definition) is 1. The highest BCUT2D eigenvalue weighted by atomic mass is 15.2. The Hall–Kier alpha value is -5.29. The van der Waals surface area contributed by atoms with Crippen LogP contribution >= 0.6 is 0 Å². The first kappa shape index (κ1) is 20.9. The molecule has 0 atom stereocenters. The third kappa shape index (κ3) is 3.09. The van der Waals surface area contributed by atoms with Gasteiger partial charge in [-0.2, -0.15) is 9.97 Å². The summed E-state index contributed by atoms with van der Waals surface area (Å²) in [5.74, 6) is 1.89. The molecule has 0 saturated carbocycles. The van der Waals surface area contributed by atoms with Gasteiger partial charge in [0, 0.05) is 43.7 Å². The topological polar surface area (TPSA) is 59.4 Å². The van der Waals surface area contributed by atoms with E-state index in [-0.39, 0.29) is 0 Å². The van der Waals surface area contributed by atoms with E-state index in [0.29, 0.717) is 17.6 Å². The fraction of sp³-hybridized carbons (Fsp3) is 0. The average Bonchev–Trinajstić information content (AvgIpc) is 3.53. The third-order valence-corrected chi connectivity index (χ3v) is 7.19. The molecule has 3 heterocycles. The van der Waals surface area contributed by atoms with Crippen molar-refractivity contribution in [1.29, 1.82) is 0 Å². The summed E-state index contributed by atoms with van der Waals surface area (Å²) in [6.45, 7) is 0. The molecule has 0 unspecified atom stereocenters. The maximum atomic E-state index is 5.07. The van der Waals surface area contributed by atoms with Crippen molar-refractivity contribution < 1.29 is 0 Å². The summed E-state index contributed by atoms with van der Waals surface area (Å²) in [4.78, 5) is 18.7. The Morgan fingerprint density at radius 2 is 1.08 bits per heavy atom. The van der Waals surface area contributed by atoms with Crippen molar-refractivity contribution in [2.45, 2.75) is 0 Å². The molecule has 0 aliphatic rings. The molecule has 178 valence electrons. The average molecular weight is 488 g/mol. The Kier molecular flexibility index (Phi) is 4.45. The highest BCUT2D eigenvalue weighted by Gasteiger charge is 2.20. The molecule has 5 aromatic carbocycles. The molecule has 0 fully saturated rings. The molecule has 0 bridgehead atoms. The Morgan fingerprint density at radius 1 is 0.474 bits per heavy atom. The van der Waals surface area contributed by atoms with Crippen LogP contribution in [0.1, 0.15) is 0 Å². The minimum Gasteiger partial charge on any atom is -0.354 e. The van der Waals surface area contributed by atoms with Gasteiger partial charge in [-0.25, -0.2) is 4.98 Å². The highest BCUT2D eigenvalue weighted by Crippen LogP contribution is 2.39. The first-order chi connectivity index (χ1) is 18.8. The van der Waals surface area contributed by atoms with Crippen LogP contribution in [0.25, 0.3) is 72.3 Å². The molecule has 0 aliphatic carbocycles. The third-order valence-electron chi connectivity index (χ3n) is 7.19. The van der Waals surface area contributed by atoms with Gasteiger partial charge in [0.25, 0.3) is 0 Å². The van der Waals surface area contributed by atoms with Crippen molar-refractivity contribution in [3.05, 3.63) is 121 Å². The lowest BCUT2D eigenvalue weighted by atomic mass is 10.1. The summed E-state index contributed by atoms with van der Waals surface area (Å²) in [7, 11) is 0. The van der Waals surface area contributed by atoms with E-state index in [9.17, 15) is 0 Å². The van der Waals surface area contributed by atoms with Crippen molar-refractivity contribution in [1.82, 2.24) is 24.5 Å². The summed E-state index contributed by atoms with van der Waals surface area (Å²) >= 11 is 0. The Morgan fingerprint density at radius 3 is 1.79 bits per heavy atom. The van der Waals surface area contributed by atoms with Gasteiger partial charge in [-0.1, -0.05) is 103 Å². The van der Waals surface area contributed by atoms with Gasteiger partial charge in [-0.15, -0.1) is 0 Å². The van der Waals surface area contributed by atoms with E-state index >= 15 is 0 Å². The molecule has 8 aromatic rings. The van der Waals surface area contributed by atoms with Gasteiger partial charge in [0.1, 0.15) is 0 Å². The van der Waals surface area contributed by atoms with E-state index in [4.69, 9.17) is 15.0 Å². The van der Waals surface area contributed by atoms with Crippen molar-refractivity contribution in [2.75, 3.05) is 0 Å². The van der Waals surface area contributed by atoms with Crippen LogP contribution in [0.4, 0.5) is 0 Å². The molecule has 5 nitrogen and oxygen atoms in total. The second kappa shape index (κ2) is 8.11. The molecule has 0 amide bonds. The van der Waals surface area contributed by atoms with E-state index in [1.807, 2.05) is 60.7 Å². The molecule has 0 spiro atoms. The summed E-state index contributed by atoms with van der Waals surface area (Å²) in [5, 5.41) is 4.67. The van der Waals surface area contributed by atoms with Crippen molar-refractivity contribution in [2.24, 2.45) is 0 Å². The van der Waals surface area contributed by atoms with E-state index in [2.05, 4.69) is 70.2 Å². The van der Waals surface area contributed by atoms with Crippen molar-refractivity contribution in [3.63, 3.8) is 0 Å². The molecule has 38 heavy (non-hydrogen) atoms. The molecule has 5 heteroatoms. The number of aromatic nitrogens is 5. The number of nitrogens with one attached hydrogen (secondary N) is 1. The van der Waals surface area contributed by atoms with Crippen LogP contribution < -0.4 is 0 Å². The lowest BCUT2D eigenvalue weighted by Crippen LogP contribution is -2.06. The number of aromatic amines is 1. The van der Waals surface area contributed by atoms with E-state index < -0.39 is 0 Å². The number of hydrogen-bond acceptors (Lipinski definition) is 3. The van der Waals surface area contributed by atoms with Crippen LogP contribution in [0.2, 0.25) is 0 Å². The van der Waals surface area contributed by atoms with Crippen LogP contribution in [0.5, 0.6) is 0 Å². The van der Waals surface area contributed by atoms with Crippen molar-refractivity contribution in [3.8, 4) is 28.7 Å². The normalized spacial score (nSPS) is 11.7. The first-order valence-electron chi connectivity index (χ1n) is 12.6. The van der Waals surface area contributed by atoms with E-state index in [1.54, 1.807) is 0 Å². The van der Waals surface area contributed by atoms with Gasteiger partial charge in [-0.3, -0.25) is 4.57 Å². The monoisotopic (exact) mass is 487 g/mol. The second-order valence-corrected chi connectivity index (χ2v) is 9.42. The van der Waals surface area contributed by atoms with Crippen LogP contribution in [0.15, 0.2) is 121 Å². The number of fused-ring (bicyclic) bond motifs is 7. The fourth-order valence-electron chi connectivity index (χ4n) is 5.49. The zero-order valence-electron chi connectivity index (χ0n) is 20.3. The maximum absolute atomic E-state index is 5.07. The predicted octanol–water partition coefficient (Wildman–Crippen LogP) is 7.94. The second-order valence-electron chi connectivity index (χ2n) is 9.42. The lowest BCUT2D eigenvalue weighted by Gasteiger charge is -2.11. The van der Waals surface area contributed by atoms with Crippen molar-refractivity contribution >= 4 is 43.6 Å². The molecule has 8 rings (SSSR count). The Bertz CT molecular complexity index is 2060.